The Morgan fingerprint density at radius 1 is 1.24 bits per heavy atom. The fraction of sp³-hybridized carbons (Fsp3) is 0.769. The molecule has 1 rings (SSSR count). The number of aliphatic hydroxyl groups is 2. The Kier molecular flexibility index (Phi) is 5.65. The monoisotopic (exact) mass is 240 g/mol. The number of nitrogens with zero attached hydrogens (tertiary/aromatic N) is 2. The molecule has 2 unspecified atom stereocenters. The van der Waals surface area contributed by atoms with Gasteiger partial charge in [-0.15, -0.1) is 0 Å². The van der Waals surface area contributed by atoms with Crippen LogP contribution in [0.5, 0.6) is 0 Å². The summed E-state index contributed by atoms with van der Waals surface area (Å²) >= 11 is 0. The highest BCUT2D eigenvalue weighted by molar-refractivity contribution is 5.07. The van der Waals surface area contributed by atoms with E-state index in [1.54, 1.807) is 16.9 Å². The summed E-state index contributed by atoms with van der Waals surface area (Å²) in [5.74, 6) is 0.134. The second-order valence-electron chi connectivity index (χ2n) is 4.49. The van der Waals surface area contributed by atoms with Crippen LogP contribution in [0.1, 0.15) is 51.8 Å². The summed E-state index contributed by atoms with van der Waals surface area (Å²) in [5, 5.41) is 24.5. The Balaban J connectivity index is 2.80. The van der Waals surface area contributed by atoms with Gasteiger partial charge in [-0.05, 0) is 18.4 Å². The molecule has 0 aliphatic rings. The molecule has 2 atom stereocenters. The zero-order chi connectivity index (χ0) is 12.8. The number of aromatic nitrogens is 2. The third-order valence-electron chi connectivity index (χ3n) is 3.34. The smallest absolute Gasteiger partial charge is 0.122 e. The van der Waals surface area contributed by atoms with Gasteiger partial charge in [0.2, 0.25) is 0 Å². The number of aryl methyl sites for hydroxylation is 1. The van der Waals surface area contributed by atoms with Crippen LogP contribution in [0.3, 0.4) is 0 Å². The third-order valence-corrected chi connectivity index (χ3v) is 3.34. The quantitative estimate of drug-likeness (QED) is 0.767. The van der Waals surface area contributed by atoms with Crippen LogP contribution in [0, 0.1) is 5.92 Å². The molecule has 0 aromatic carbocycles. The summed E-state index contributed by atoms with van der Waals surface area (Å²) in [7, 11) is 0. The average molecular weight is 240 g/mol. The number of hydrogen-bond donors (Lipinski definition) is 2. The Labute approximate surface area is 103 Å². The molecule has 0 bridgehead atoms. The van der Waals surface area contributed by atoms with E-state index in [0.29, 0.717) is 5.69 Å². The summed E-state index contributed by atoms with van der Waals surface area (Å²) in [6.45, 7) is 6.91. The SMILES string of the molecule is CCCn1nccc1C(O)C(O)C(CC)CC. The molecular weight excluding hydrogens is 216 g/mol. The first-order valence-corrected chi connectivity index (χ1v) is 6.53. The predicted molar refractivity (Wildman–Crippen MR) is 67.6 cm³/mol. The fourth-order valence-electron chi connectivity index (χ4n) is 2.20. The third kappa shape index (κ3) is 3.30. The van der Waals surface area contributed by atoms with E-state index in [0.717, 1.165) is 25.8 Å². The minimum atomic E-state index is -0.839. The fourth-order valence-corrected chi connectivity index (χ4v) is 2.20. The molecule has 0 spiro atoms. The van der Waals surface area contributed by atoms with Crippen LogP contribution in [-0.4, -0.2) is 26.1 Å². The predicted octanol–water partition coefficient (Wildman–Crippen LogP) is 2.12. The lowest BCUT2D eigenvalue weighted by Crippen LogP contribution is -2.28. The van der Waals surface area contributed by atoms with Gasteiger partial charge in [0.15, 0.2) is 0 Å². The van der Waals surface area contributed by atoms with Crippen LogP contribution in [0.4, 0.5) is 0 Å². The normalized spacial score (nSPS) is 15.2. The van der Waals surface area contributed by atoms with Gasteiger partial charge in [-0.1, -0.05) is 33.6 Å². The molecule has 0 amide bonds. The van der Waals surface area contributed by atoms with E-state index < -0.39 is 12.2 Å². The van der Waals surface area contributed by atoms with Crippen molar-refractivity contribution < 1.29 is 10.2 Å². The van der Waals surface area contributed by atoms with Crippen LogP contribution in [0.2, 0.25) is 0 Å². The molecule has 1 aromatic rings. The lowest BCUT2D eigenvalue weighted by atomic mass is 9.91. The van der Waals surface area contributed by atoms with Gasteiger partial charge in [0.05, 0.1) is 11.8 Å². The van der Waals surface area contributed by atoms with E-state index in [4.69, 9.17) is 0 Å². The van der Waals surface area contributed by atoms with Gasteiger partial charge in [0.1, 0.15) is 6.10 Å². The van der Waals surface area contributed by atoms with Crippen LogP contribution >= 0.6 is 0 Å². The average Bonchev–Trinajstić information content (AvgIpc) is 2.78. The molecule has 1 aromatic heterocycles. The van der Waals surface area contributed by atoms with Gasteiger partial charge in [0, 0.05) is 12.7 Å². The van der Waals surface area contributed by atoms with Crippen molar-refractivity contribution >= 4 is 0 Å². The van der Waals surface area contributed by atoms with E-state index in [9.17, 15) is 10.2 Å². The molecule has 0 radical (unpaired) electrons. The topological polar surface area (TPSA) is 58.3 Å². The lowest BCUT2D eigenvalue weighted by Gasteiger charge is -2.25. The van der Waals surface area contributed by atoms with E-state index in [2.05, 4.69) is 12.0 Å². The highest BCUT2D eigenvalue weighted by Gasteiger charge is 2.27. The van der Waals surface area contributed by atoms with Crippen molar-refractivity contribution in [2.45, 2.75) is 58.8 Å². The zero-order valence-electron chi connectivity index (χ0n) is 11.0. The van der Waals surface area contributed by atoms with Crippen molar-refractivity contribution in [1.82, 2.24) is 9.78 Å². The number of hydrogen-bond acceptors (Lipinski definition) is 3. The van der Waals surface area contributed by atoms with Crippen LogP contribution in [0.25, 0.3) is 0 Å². The molecule has 0 aliphatic heterocycles. The summed E-state index contributed by atoms with van der Waals surface area (Å²) in [6, 6.07) is 1.78. The molecule has 4 heteroatoms. The Hall–Kier alpha value is -0.870. The molecule has 17 heavy (non-hydrogen) atoms. The second-order valence-corrected chi connectivity index (χ2v) is 4.49. The molecule has 0 saturated heterocycles. The maximum atomic E-state index is 10.2. The van der Waals surface area contributed by atoms with Crippen molar-refractivity contribution in [2.75, 3.05) is 0 Å². The number of aliphatic hydroxyl groups excluding tert-OH is 2. The van der Waals surface area contributed by atoms with E-state index in [1.807, 2.05) is 13.8 Å². The first kappa shape index (κ1) is 14.2. The number of rotatable bonds is 7. The summed E-state index contributed by atoms with van der Waals surface area (Å²) in [5.41, 5.74) is 0.714. The summed E-state index contributed by atoms with van der Waals surface area (Å²) in [6.07, 6.45) is 2.83. The summed E-state index contributed by atoms with van der Waals surface area (Å²) in [4.78, 5) is 0. The maximum Gasteiger partial charge on any atom is 0.122 e. The van der Waals surface area contributed by atoms with Gasteiger partial charge in [-0.25, -0.2) is 0 Å². The molecule has 2 N–H and O–H groups in total. The van der Waals surface area contributed by atoms with Gasteiger partial charge >= 0.3 is 0 Å². The van der Waals surface area contributed by atoms with Gasteiger partial charge in [-0.2, -0.15) is 5.10 Å². The van der Waals surface area contributed by atoms with Crippen molar-refractivity contribution in [3.05, 3.63) is 18.0 Å². The molecule has 0 aliphatic carbocycles. The minimum absolute atomic E-state index is 0.134. The highest BCUT2D eigenvalue weighted by Crippen LogP contribution is 2.25. The van der Waals surface area contributed by atoms with Crippen LogP contribution < -0.4 is 0 Å². The Morgan fingerprint density at radius 2 is 1.88 bits per heavy atom. The lowest BCUT2D eigenvalue weighted by molar-refractivity contribution is -0.0252. The van der Waals surface area contributed by atoms with E-state index >= 15 is 0 Å². The van der Waals surface area contributed by atoms with Gasteiger partial charge in [-0.3, -0.25) is 4.68 Å². The molecule has 0 saturated carbocycles. The standard InChI is InChI=1S/C13H24N2O2/c1-4-9-15-11(7-8-14-15)13(17)12(16)10(5-2)6-3/h7-8,10,12-13,16-17H,4-6,9H2,1-3H3. The van der Waals surface area contributed by atoms with Crippen molar-refractivity contribution in [3.63, 3.8) is 0 Å². The molecule has 0 fully saturated rings. The first-order valence-electron chi connectivity index (χ1n) is 6.53. The zero-order valence-corrected chi connectivity index (χ0v) is 11.0. The molecule has 1 heterocycles. The Morgan fingerprint density at radius 3 is 2.41 bits per heavy atom. The molecule has 4 nitrogen and oxygen atoms in total. The Bertz CT molecular complexity index is 321. The van der Waals surface area contributed by atoms with Gasteiger partial charge in [0.25, 0.3) is 0 Å². The van der Waals surface area contributed by atoms with Crippen LogP contribution in [0.15, 0.2) is 12.3 Å². The molecule has 98 valence electrons. The van der Waals surface area contributed by atoms with E-state index in [1.165, 1.54) is 0 Å². The molecular formula is C13H24N2O2. The second kappa shape index (κ2) is 6.77. The maximum absolute atomic E-state index is 10.2. The van der Waals surface area contributed by atoms with Crippen molar-refractivity contribution in [1.29, 1.82) is 0 Å². The van der Waals surface area contributed by atoms with Crippen molar-refractivity contribution in [2.24, 2.45) is 5.92 Å². The first-order chi connectivity index (χ1) is 8.15. The highest BCUT2D eigenvalue weighted by atomic mass is 16.3. The van der Waals surface area contributed by atoms with E-state index in [-0.39, 0.29) is 5.92 Å². The van der Waals surface area contributed by atoms with Crippen molar-refractivity contribution in [3.8, 4) is 0 Å². The van der Waals surface area contributed by atoms with Gasteiger partial charge < -0.3 is 10.2 Å². The largest absolute Gasteiger partial charge is 0.390 e. The van der Waals surface area contributed by atoms with Crippen LogP contribution in [-0.2, 0) is 6.54 Å². The summed E-state index contributed by atoms with van der Waals surface area (Å²) < 4.78 is 1.77. The minimum Gasteiger partial charge on any atom is -0.390 e.